The van der Waals surface area contributed by atoms with E-state index in [2.05, 4.69) is 0 Å². The lowest BCUT2D eigenvalue weighted by Crippen LogP contribution is -2.32. The Balaban J connectivity index is 1.96. The van der Waals surface area contributed by atoms with Crippen LogP contribution < -0.4 is 0 Å². The molecule has 0 bridgehead atoms. The molecule has 5 heteroatoms. The lowest BCUT2D eigenvalue weighted by atomic mass is 9.78. The molecule has 0 aliphatic heterocycles. The average Bonchev–Trinajstić information content (AvgIpc) is 2.33. The number of ketones is 1. The van der Waals surface area contributed by atoms with E-state index in [0.29, 0.717) is 6.61 Å². The van der Waals surface area contributed by atoms with Crippen molar-refractivity contribution in [3.05, 3.63) is 35.1 Å². The summed E-state index contributed by atoms with van der Waals surface area (Å²) in [4.78, 5) is 11.8. The highest BCUT2D eigenvalue weighted by molar-refractivity contribution is 5.96. The Bertz CT molecular complexity index is 482. The molecular weight excluding hydrogens is 257 g/mol. The molecule has 1 aromatic rings. The molecule has 1 fully saturated rings. The number of hydrogen-bond donors (Lipinski definition) is 0. The van der Waals surface area contributed by atoms with Crippen LogP contribution >= 0.6 is 0 Å². The minimum absolute atomic E-state index is 0.136. The quantitative estimate of drug-likeness (QED) is 0.606. The third-order valence-electron chi connectivity index (χ3n) is 3.40. The summed E-state index contributed by atoms with van der Waals surface area (Å²) in [5.74, 6) is -4.63. The second kappa shape index (κ2) is 5.74. The molecule has 0 N–H and O–H groups in total. The van der Waals surface area contributed by atoms with Crippen LogP contribution in [-0.2, 0) is 4.74 Å². The van der Waals surface area contributed by atoms with Crippen LogP contribution in [0, 0.1) is 23.4 Å². The second-order valence-electron chi connectivity index (χ2n) is 4.76. The van der Waals surface area contributed by atoms with E-state index < -0.39 is 23.2 Å². The van der Waals surface area contributed by atoms with Gasteiger partial charge in [0, 0.05) is 13.0 Å². The fraction of sp³-hybridized carbons (Fsp3) is 0.500. The summed E-state index contributed by atoms with van der Waals surface area (Å²) in [5.41, 5.74) is -0.376. The summed E-state index contributed by atoms with van der Waals surface area (Å²) in [6.45, 7) is 2.53. The van der Waals surface area contributed by atoms with Crippen molar-refractivity contribution in [2.75, 3.05) is 6.61 Å². The van der Waals surface area contributed by atoms with E-state index in [9.17, 15) is 18.0 Å². The first-order valence-corrected chi connectivity index (χ1v) is 6.31. The SMILES string of the molecule is CCOC1CC(CC(=O)c2ccc(F)c(F)c2F)C1. The summed E-state index contributed by atoms with van der Waals surface area (Å²) in [6, 6.07) is 1.77. The number of hydrogen-bond acceptors (Lipinski definition) is 2. The van der Waals surface area contributed by atoms with Gasteiger partial charge in [-0.25, -0.2) is 13.2 Å². The molecule has 0 aromatic heterocycles. The summed E-state index contributed by atoms with van der Waals surface area (Å²) in [7, 11) is 0. The molecule has 0 unspecified atom stereocenters. The van der Waals surface area contributed by atoms with Crippen LogP contribution in [0.4, 0.5) is 13.2 Å². The molecule has 0 saturated heterocycles. The van der Waals surface area contributed by atoms with E-state index in [1.165, 1.54) is 0 Å². The van der Waals surface area contributed by atoms with Gasteiger partial charge in [-0.15, -0.1) is 0 Å². The van der Waals surface area contributed by atoms with Gasteiger partial charge in [-0.05, 0) is 37.8 Å². The standard InChI is InChI=1S/C14H15F3O2/c1-2-19-9-5-8(6-9)7-12(18)10-3-4-11(15)14(17)13(10)16/h3-4,8-9H,2,5-7H2,1H3. The third-order valence-corrected chi connectivity index (χ3v) is 3.40. The van der Waals surface area contributed by atoms with Crippen molar-refractivity contribution in [2.45, 2.75) is 32.3 Å². The number of Topliss-reactive ketones (excluding diaryl/α,β-unsaturated/α-hetero) is 1. The maximum Gasteiger partial charge on any atom is 0.195 e. The number of carbonyl (C=O) groups is 1. The number of carbonyl (C=O) groups excluding carboxylic acids is 1. The van der Waals surface area contributed by atoms with Crippen LogP contribution in [-0.4, -0.2) is 18.5 Å². The van der Waals surface area contributed by atoms with Crippen molar-refractivity contribution < 1.29 is 22.7 Å². The minimum Gasteiger partial charge on any atom is -0.378 e. The molecule has 0 heterocycles. The smallest absolute Gasteiger partial charge is 0.195 e. The van der Waals surface area contributed by atoms with Crippen molar-refractivity contribution >= 4 is 5.78 Å². The molecule has 1 saturated carbocycles. The normalized spacial score (nSPS) is 22.1. The number of halogens is 3. The number of benzene rings is 1. The van der Waals surface area contributed by atoms with E-state index in [-0.39, 0.29) is 24.0 Å². The van der Waals surface area contributed by atoms with Crippen LogP contribution in [0.5, 0.6) is 0 Å². The predicted octanol–water partition coefficient (Wildman–Crippen LogP) is 3.49. The highest BCUT2D eigenvalue weighted by Crippen LogP contribution is 2.34. The lowest BCUT2D eigenvalue weighted by molar-refractivity contribution is -0.0246. The maximum atomic E-state index is 13.4. The highest BCUT2D eigenvalue weighted by atomic mass is 19.2. The summed E-state index contributed by atoms with van der Waals surface area (Å²) in [6.07, 6.45) is 1.82. The van der Waals surface area contributed by atoms with Crippen molar-refractivity contribution in [3.63, 3.8) is 0 Å². The first-order chi connectivity index (χ1) is 9.02. The fourth-order valence-electron chi connectivity index (χ4n) is 2.33. The van der Waals surface area contributed by atoms with Gasteiger partial charge in [-0.3, -0.25) is 4.79 Å². The van der Waals surface area contributed by atoms with Crippen LogP contribution in [0.25, 0.3) is 0 Å². The molecule has 0 spiro atoms. The molecule has 0 atom stereocenters. The van der Waals surface area contributed by atoms with E-state index in [0.717, 1.165) is 25.0 Å². The van der Waals surface area contributed by atoms with Crippen molar-refractivity contribution in [1.29, 1.82) is 0 Å². The maximum absolute atomic E-state index is 13.4. The van der Waals surface area contributed by atoms with Crippen molar-refractivity contribution in [3.8, 4) is 0 Å². The molecular formula is C14H15F3O2. The van der Waals surface area contributed by atoms with Gasteiger partial charge in [0.15, 0.2) is 23.2 Å². The first kappa shape index (κ1) is 14.1. The summed E-state index contributed by atoms with van der Waals surface area (Å²) >= 11 is 0. The topological polar surface area (TPSA) is 26.3 Å². The van der Waals surface area contributed by atoms with Crippen molar-refractivity contribution in [2.24, 2.45) is 5.92 Å². The third kappa shape index (κ3) is 2.97. The predicted molar refractivity (Wildman–Crippen MR) is 63.4 cm³/mol. The molecule has 104 valence electrons. The molecule has 1 aliphatic rings. The summed E-state index contributed by atoms with van der Waals surface area (Å²) in [5, 5.41) is 0. The zero-order valence-electron chi connectivity index (χ0n) is 10.6. The first-order valence-electron chi connectivity index (χ1n) is 6.31. The summed E-state index contributed by atoms with van der Waals surface area (Å²) < 4.78 is 44.6. The van der Waals surface area contributed by atoms with E-state index in [1.807, 2.05) is 6.92 Å². The number of ether oxygens (including phenoxy) is 1. The molecule has 2 rings (SSSR count). The van der Waals surface area contributed by atoms with E-state index in [1.54, 1.807) is 0 Å². The Hall–Kier alpha value is -1.36. The van der Waals surface area contributed by atoms with Gasteiger partial charge in [0.25, 0.3) is 0 Å². The van der Waals surface area contributed by atoms with Crippen LogP contribution in [0.1, 0.15) is 36.5 Å². The molecule has 1 aromatic carbocycles. The number of rotatable bonds is 5. The fourth-order valence-corrected chi connectivity index (χ4v) is 2.33. The Labute approximate surface area is 109 Å². The molecule has 0 amide bonds. The Morgan fingerprint density at radius 2 is 1.95 bits per heavy atom. The van der Waals surface area contributed by atoms with Crippen molar-refractivity contribution in [1.82, 2.24) is 0 Å². The van der Waals surface area contributed by atoms with Gasteiger partial charge >= 0.3 is 0 Å². The molecule has 0 radical (unpaired) electrons. The molecule has 19 heavy (non-hydrogen) atoms. The largest absolute Gasteiger partial charge is 0.378 e. The Kier molecular flexibility index (Phi) is 4.24. The van der Waals surface area contributed by atoms with E-state index >= 15 is 0 Å². The second-order valence-corrected chi connectivity index (χ2v) is 4.76. The van der Waals surface area contributed by atoms with Crippen LogP contribution in [0.3, 0.4) is 0 Å². The van der Waals surface area contributed by atoms with Gasteiger partial charge in [0.1, 0.15) is 0 Å². The Morgan fingerprint density at radius 1 is 1.26 bits per heavy atom. The zero-order valence-corrected chi connectivity index (χ0v) is 10.6. The van der Waals surface area contributed by atoms with Gasteiger partial charge < -0.3 is 4.74 Å². The minimum atomic E-state index is -1.59. The Morgan fingerprint density at radius 3 is 2.58 bits per heavy atom. The highest BCUT2D eigenvalue weighted by Gasteiger charge is 2.32. The van der Waals surface area contributed by atoms with E-state index in [4.69, 9.17) is 4.74 Å². The zero-order chi connectivity index (χ0) is 14.0. The van der Waals surface area contributed by atoms with Gasteiger partial charge in [-0.2, -0.15) is 0 Å². The monoisotopic (exact) mass is 272 g/mol. The molecule has 2 nitrogen and oxygen atoms in total. The average molecular weight is 272 g/mol. The van der Waals surface area contributed by atoms with Crippen LogP contribution in [0.2, 0.25) is 0 Å². The lowest BCUT2D eigenvalue weighted by Gasteiger charge is -2.34. The van der Waals surface area contributed by atoms with Crippen LogP contribution in [0.15, 0.2) is 12.1 Å². The van der Waals surface area contributed by atoms with Gasteiger partial charge in [0.2, 0.25) is 0 Å². The van der Waals surface area contributed by atoms with Gasteiger partial charge in [0.05, 0.1) is 11.7 Å². The molecule has 1 aliphatic carbocycles. The van der Waals surface area contributed by atoms with Gasteiger partial charge in [-0.1, -0.05) is 0 Å².